The summed E-state index contributed by atoms with van der Waals surface area (Å²) < 4.78 is 26.4. The fourth-order valence-corrected chi connectivity index (χ4v) is 3.09. The summed E-state index contributed by atoms with van der Waals surface area (Å²) in [4.78, 5) is 9.33. The van der Waals surface area contributed by atoms with Gasteiger partial charge in [-0.3, -0.25) is 0 Å². The molecule has 0 aliphatic carbocycles. The molecule has 0 fully saturated rings. The van der Waals surface area contributed by atoms with Crippen LogP contribution < -0.4 is 0 Å². The van der Waals surface area contributed by atoms with E-state index in [1.165, 1.54) is 35.6 Å². The van der Waals surface area contributed by atoms with Gasteiger partial charge in [-0.1, -0.05) is 0 Å². The molecule has 2 aromatic carbocycles. The van der Waals surface area contributed by atoms with E-state index in [1.54, 1.807) is 24.3 Å². The molecule has 2 aromatic heterocycles. The SMILES string of the molecule is Fc1ccc(-c2nc3cscc3nc2-c2ccc(F)cc2)cc1. The largest absolute Gasteiger partial charge is 0.243 e. The zero-order chi connectivity index (χ0) is 15.8. The van der Waals surface area contributed by atoms with Crippen LogP contribution in [0.2, 0.25) is 0 Å². The van der Waals surface area contributed by atoms with Crippen LogP contribution in [0.3, 0.4) is 0 Å². The zero-order valence-electron chi connectivity index (χ0n) is 11.8. The fourth-order valence-electron chi connectivity index (χ4n) is 2.42. The Bertz CT molecular complexity index is 897. The first-order valence-corrected chi connectivity index (χ1v) is 7.91. The lowest BCUT2D eigenvalue weighted by Crippen LogP contribution is -1.94. The lowest BCUT2D eigenvalue weighted by molar-refractivity contribution is 0.627. The standard InChI is InChI=1S/C18H10F2N2S/c19-13-5-1-11(2-6-13)17-18(12-3-7-14(20)8-4-12)22-16-10-23-9-15(16)21-17/h1-10H. The fraction of sp³-hybridized carbons (Fsp3) is 0. The number of thiophene rings is 1. The third kappa shape index (κ3) is 2.59. The minimum atomic E-state index is -0.304. The summed E-state index contributed by atoms with van der Waals surface area (Å²) in [6.45, 7) is 0. The van der Waals surface area contributed by atoms with Crippen molar-refractivity contribution < 1.29 is 8.78 Å². The molecule has 2 heterocycles. The quantitative estimate of drug-likeness (QED) is 0.500. The Morgan fingerprint density at radius 3 is 1.39 bits per heavy atom. The van der Waals surface area contributed by atoms with E-state index in [0.717, 1.165) is 22.2 Å². The summed E-state index contributed by atoms with van der Waals surface area (Å²) in [5.41, 5.74) is 4.43. The van der Waals surface area contributed by atoms with Crippen molar-refractivity contribution in [3.8, 4) is 22.5 Å². The van der Waals surface area contributed by atoms with Gasteiger partial charge in [0.1, 0.15) is 22.7 Å². The van der Waals surface area contributed by atoms with Gasteiger partial charge in [0.2, 0.25) is 0 Å². The summed E-state index contributed by atoms with van der Waals surface area (Å²) in [6.07, 6.45) is 0. The Balaban J connectivity index is 1.98. The minimum Gasteiger partial charge on any atom is -0.243 e. The van der Waals surface area contributed by atoms with Gasteiger partial charge in [-0.15, -0.1) is 11.3 Å². The van der Waals surface area contributed by atoms with Crippen LogP contribution in [-0.4, -0.2) is 9.97 Å². The topological polar surface area (TPSA) is 25.8 Å². The highest BCUT2D eigenvalue weighted by atomic mass is 32.1. The molecule has 112 valence electrons. The van der Waals surface area contributed by atoms with Crippen molar-refractivity contribution >= 4 is 22.4 Å². The highest BCUT2D eigenvalue weighted by molar-refractivity contribution is 7.09. The molecule has 2 nitrogen and oxygen atoms in total. The molecule has 0 saturated carbocycles. The first-order chi connectivity index (χ1) is 11.2. The Morgan fingerprint density at radius 2 is 1.00 bits per heavy atom. The van der Waals surface area contributed by atoms with Gasteiger partial charge in [0, 0.05) is 21.9 Å². The summed E-state index contributed by atoms with van der Waals surface area (Å²) in [5.74, 6) is -0.608. The average Bonchev–Trinajstić information content (AvgIpc) is 3.03. The maximum absolute atomic E-state index is 13.2. The number of nitrogens with zero attached hydrogens (tertiary/aromatic N) is 2. The van der Waals surface area contributed by atoms with Crippen molar-refractivity contribution in [2.45, 2.75) is 0 Å². The molecule has 0 spiro atoms. The highest BCUT2D eigenvalue weighted by Crippen LogP contribution is 2.32. The summed E-state index contributed by atoms with van der Waals surface area (Å²) in [7, 11) is 0. The van der Waals surface area contributed by atoms with Crippen LogP contribution in [0.1, 0.15) is 0 Å². The van der Waals surface area contributed by atoms with Crippen LogP contribution in [0.15, 0.2) is 59.3 Å². The number of rotatable bonds is 2. The van der Waals surface area contributed by atoms with E-state index in [0.29, 0.717) is 11.4 Å². The van der Waals surface area contributed by atoms with E-state index in [-0.39, 0.29) is 11.6 Å². The number of halogens is 2. The molecule has 0 aliphatic heterocycles. The predicted molar refractivity (Wildman–Crippen MR) is 88.2 cm³/mol. The second-order valence-electron chi connectivity index (χ2n) is 5.08. The van der Waals surface area contributed by atoms with Crippen LogP contribution in [0.25, 0.3) is 33.5 Å². The van der Waals surface area contributed by atoms with E-state index < -0.39 is 0 Å². The molecule has 4 rings (SSSR count). The van der Waals surface area contributed by atoms with Crippen molar-refractivity contribution in [2.75, 3.05) is 0 Å². The normalized spacial score (nSPS) is 11.0. The number of fused-ring (bicyclic) bond motifs is 1. The predicted octanol–water partition coefficient (Wildman–Crippen LogP) is 5.30. The molecule has 0 bridgehead atoms. The molecular formula is C18H10F2N2S. The van der Waals surface area contributed by atoms with Crippen LogP contribution in [0.4, 0.5) is 8.78 Å². The van der Waals surface area contributed by atoms with Gasteiger partial charge in [-0.05, 0) is 48.5 Å². The van der Waals surface area contributed by atoms with Gasteiger partial charge in [-0.25, -0.2) is 18.7 Å². The minimum absolute atomic E-state index is 0.304. The molecule has 0 radical (unpaired) electrons. The van der Waals surface area contributed by atoms with Gasteiger partial charge >= 0.3 is 0 Å². The maximum Gasteiger partial charge on any atom is 0.123 e. The summed E-state index contributed by atoms with van der Waals surface area (Å²) in [5, 5.41) is 3.84. The van der Waals surface area contributed by atoms with Crippen LogP contribution in [-0.2, 0) is 0 Å². The van der Waals surface area contributed by atoms with Crippen molar-refractivity contribution in [1.29, 1.82) is 0 Å². The zero-order valence-corrected chi connectivity index (χ0v) is 12.6. The van der Waals surface area contributed by atoms with Gasteiger partial charge in [0.05, 0.1) is 11.4 Å². The van der Waals surface area contributed by atoms with E-state index >= 15 is 0 Å². The average molecular weight is 324 g/mol. The molecule has 0 N–H and O–H groups in total. The Hall–Kier alpha value is -2.66. The highest BCUT2D eigenvalue weighted by Gasteiger charge is 2.14. The number of aromatic nitrogens is 2. The molecule has 0 amide bonds. The molecule has 5 heteroatoms. The first-order valence-electron chi connectivity index (χ1n) is 6.96. The number of benzene rings is 2. The molecule has 4 aromatic rings. The third-order valence-electron chi connectivity index (χ3n) is 3.55. The Morgan fingerprint density at radius 1 is 0.609 bits per heavy atom. The number of hydrogen-bond acceptors (Lipinski definition) is 3. The Kier molecular flexibility index (Phi) is 3.35. The van der Waals surface area contributed by atoms with Crippen molar-refractivity contribution in [2.24, 2.45) is 0 Å². The van der Waals surface area contributed by atoms with E-state index in [1.807, 2.05) is 10.8 Å². The van der Waals surface area contributed by atoms with E-state index in [9.17, 15) is 8.78 Å². The van der Waals surface area contributed by atoms with Gasteiger partial charge in [0.25, 0.3) is 0 Å². The maximum atomic E-state index is 13.2. The Labute approximate surface area is 135 Å². The van der Waals surface area contributed by atoms with Crippen molar-refractivity contribution in [1.82, 2.24) is 9.97 Å². The number of hydrogen-bond donors (Lipinski definition) is 0. The molecular weight excluding hydrogens is 314 g/mol. The molecule has 0 atom stereocenters. The van der Waals surface area contributed by atoms with Crippen LogP contribution >= 0.6 is 11.3 Å². The third-order valence-corrected chi connectivity index (χ3v) is 4.26. The van der Waals surface area contributed by atoms with Gasteiger partial charge in [0.15, 0.2) is 0 Å². The molecule has 0 saturated heterocycles. The lowest BCUT2D eigenvalue weighted by atomic mass is 10.0. The van der Waals surface area contributed by atoms with E-state index in [4.69, 9.17) is 0 Å². The van der Waals surface area contributed by atoms with Crippen LogP contribution in [0.5, 0.6) is 0 Å². The summed E-state index contributed by atoms with van der Waals surface area (Å²) in [6, 6.07) is 12.3. The summed E-state index contributed by atoms with van der Waals surface area (Å²) >= 11 is 1.52. The van der Waals surface area contributed by atoms with E-state index in [2.05, 4.69) is 9.97 Å². The lowest BCUT2D eigenvalue weighted by Gasteiger charge is -2.09. The smallest absolute Gasteiger partial charge is 0.123 e. The monoisotopic (exact) mass is 324 g/mol. The van der Waals surface area contributed by atoms with Crippen molar-refractivity contribution in [3.63, 3.8) is 0 Å². The first kappa shape index (κ1) is 14.0. The molecule has 0 unspecified atom stereocenters. The van der Waals surface area contributed by atoms with Gasteiger partial charge < -0.3 is 0 Å². The molecule has 0 aliphatic rings. The second kappa shape index (κ2) is 5.52. The second-order valence-corrected chi connectivity index (χ2v) is 5.82. The van der Waals surface area contributed by atoms with Gasteiger partial charge in [-0.2, -0.15) is 0 Å². The van der Waals surface area contributed by atoms with Crippen molar-refractivity contribution in [3.05, 3.63) is 70.9 Å². The molecule has 23 heavy (non-hydrogen) atoms. The van der Waals surface area contributed by atoms with Crippen LogP contribution in [0, 0.1) is 11.6 Å².